The molecule has 3 aromatic rings. The zero-order chi connectivity index (χ0) is 25.0. The van der Waals surface area contributed by atoms with Crippen molar-refractivity contribution in [1.29, 1.82) is 0 Å². The normalized spacial score (nSPS) is 12.9. The summed E-state index contributed by atoms with van der Waals surface area (Å²) >= 11 is 7.21. The highest BCUT2D eigenvalue weighted by molar-refractivity contribution is 9.09. The number of ether oxygens (including phenoxy) is 2. The van der Waals surface area contributed by atoms with Crippen molar-refractivity contribution < 1.29 is 9.47 Å². The van der Waals surface area contributed by atoms with Crippen LogP contribution in [0.15, 0.2) is 70.5 Å². The zero-order valence-corrected chi connectivity index (χ0v) is 24.4. The van der Waals surface area contributed by atoms with Crippen molar-refractivity contribution >= 4 is 39.5 Å². The van der Waals surface area contributed by atoms with Crippen molar-refractivity contribution in [2.45, 2.75) is 36.6 Å². The minimum Gasteiger partial charge on any atom is -0.493 e. The van der Waals surface area contributed by atoms with E-state index in [1.165, 1.54) is 32.0 Å². The first-order valence-corrected chi connectivity index (χ1v) is 15.0. The number of benzene rings is 3. The molecule has 3 nitrogen and oxygen atoms in total. The summed E-state index contributed by atoms with van der Waals surface area (Å²) in [6.45, 7) is 7.44. The van der Waals surface area contributed by atoms with Crippen molar-refractivity contribution in [2.24, 2.45) is 0 Å². The minimum atomic E-state index is 0.826. The third-order valence-corrected chi connectivity index (χ3v) is 8.79. The molecule has 0 aliphatic carbocycles. The fraction of sp³-hybridized carbons (Fsp3) is 0.379. The minimum absolute atomic E-state index is 0.826. The predicted octanol–water partition coefficient (Wildman–Crippen LogP) is 7.64. The van der Waals surface area contributed by atoms with E-state index in [-0.39, 0.29) is 0 Å². The maximum atomic E-state index is 5.44. The second-order valence-corrected chi connectivity index (χ2v) is 11.6. The van der Waals surface area contributed by atoms with Crippen LogP contribution in [0.2, 0.25) is 0 Å². The van der Waals surface area contributed by atoms with Crippen LogP contribution >= 0.6 is 39.5 Å². The zero-order valence-electron chi connectivity index (χ0n) is 21.2. The third-order valence-electron chi connectivity index (χ3n) is 5.86. The molecule has 188 valence electrons. The molecule has 0 amide bonds. The number of fused-ring (bicyclic) bond motifs is 1. The first-order chi connectivity index (χ1) is 17.0. The van der Waals surface area contributed by atoms with Gasteiger partial charge in [-0.25, -0.2) is 0 Å². The van der Waals surface area contributed by atoms with E-state index in [9.17, 15) is 0 Å². The molecule has 35 heavy (non-hydrogen) atoms. The van der Waals surface area contributed by atoms with E-state index < -0.39 is 0 Å². The Balaban J connectivity index is 0.000000261. The molecule has 0 spiro atoms. The van der Waals surface area contributed by atoms with Gasteiger partial charge in [-0.3, -0.25) is 4.90 Å². The molecule has 1 aliphatic heterocycles. The monoisotopic (exact) mass is 573 g/mol. The number of hydrogen-bond acceptors (Lipinski definition) is 5. The van der Waals surface area contributed by atoms with Gasteiger partial charge in [0.25, 0.3) is 0 Å². The maximum absolute atomic E-state index is 5.44. The molecule has 0 radical (unpaired) electrons. The van der Waals surface area contributed by atoms with Gasteiger partial charge in [0.1, 0.15) is 0 Å². The summed E-state index contributed by atoms with van der Waals surface area (Å²) < 4.78 is 10.8. The summed E-state index contributed by atoms with van der Waals surface area (Å²) in [4.78, 5) is 5.23. The van der Waals surface area contributed by atoms with E-state index >= 15 is 0 Å². The fourth-order valence-electron chi connectivity index (χ4n) is 3.85. The largest absolute Gasteiger partial charge is 0.493 e. The molecule has 0 aromatic heterocycles. The highest BCUT2D eigenvalue weighted by Gasteiger charge is 2.19. The molecule has 0 saturated heterocycles. The number of nitrogens with zero attached hydrogens (tertiary/aromatic N) is 1. The first-order valence-electron chi connectivity index (χ1n) is 11.9. The summed E-state index contributed by atoms with van der Waals surface area (Å²) in [6.07, 6.45) is 1.07. The van der Waals surface area contributed by atoms with Gasteiger partial charge in [-0.05, 0) is 67.8 Å². The van der Waals surface area contributed by atoms with Crippen LogP contribution in [-0.2, 0) is 13.0 Å². The number of thioether (sulfide) groups is 2. The number of methoxy groups -OCH3 is 2. The Morgan fingerprint density at radius 2 is 1.29 bits per heavy atom. The van der Waals surface area contributed by atoms with Crippen molar-refractivity contribution in [2.75, 3.05) is 44.1 Å². The topological polar surface area (TPSA) is 21.7 Å². The van der Waals surface area contributed by atoms with Crippen LogP contribution in [0.25, 0.3) is 0 Å². The van der Waals surface area contributed by atoms with E-state index in [0.29, 0.717) is 0 Å². The van der Waals surface area contributed by atoms with Gasteiger partial charge < -0.3 is 9.47 Å². The van der Waals surface area contributed by atoms with E-state index in [1.54, 1.807) is 14.2 Å². The Labute approximate surface area is 228 Å². The third kappa shape index (κ3) is 9.09. The number of halogens is 1. The molecule has 0 fully saturated rings. The molecule has 0 saturated carbocycles. The van der Waals surface area contributed by atoms with E-state index in [0.717, 1.165) is 54.4 Å². The Morgan fingerprint density at radius 3 is 1.80 bits per heavy atom. The maximum Gasteiger partial charge on any atom is 0.161 e. The van der Waals surface area contributed by atoms with Crippen molar-refractivity contribution in [3.05, 3.63) is 82.9 Å². The van der Waals surface area contributed by atoms with Crippen LogP contribution in [0.1, 0.15) is 22.3 Å². The molecular formula is C29H36BrNO2S2. The lowest BCUT2D eigenvalue weighted by atomic mass is 9.99. The Hall–Kier alpha value is -1.60. The van der Waals surface area contributed by atoms with Crippen LogP contribution < -0.4 is 9.47 Å². The quantitative estimate of drug-likeness (QED) is 0.193. The SMILES string of the molecule is COc1cc2c(cc1OC)CN(CCSc1ccc(C)cc1)CC2.Cc1ccc(SCCBr)cc1. The van der Waals surface area contributed by atoms with E-state index in [4.69, 9.17) is 9.47 Å². The van der Waals surface area contributed by atoms with Crippen LogP contribution in [0.5, 0.6) is 11.5 Å². The van der Waals surface area contributed by atoms with Crippen molar-refractivity contribution in [3.63, 3.8) is 0 Å². The number of hydrogen-bond donors (Lipinski definition) is 0. The van der Waals surface area contributed by atoms with Gasteiger partial charge >= 0.3 is 0 Å². The Bertz CT molecular complexity index is 1040. The molecule has 1 aliphatic rings. The summed E-state index contributed by atoms with van der Waals surface area (Å²) in [5, 5.41) is 1.06. The highest BCUT2D eigenvalue weighted by Crippen LogP contribution is 2.33. The van der Waals surface area contributed by atoms with Crippen LogP contribution in [0.4, 0.5) is 0 Å². The lowest BCUT2D eigenvalue weighted by Gasteiger charge is -2.29. The second-order valence-electron chi connectivity index (χ2n) is 8.51. The molecule has 4 rings (SSSR count). The van der Waals surface area contributed by atoms with Gasteiger partial charge in [-0.2, -0.15) is 0 Å². The average Bonchev–Trinajstić information content (AvgIpc) is 2.89. The van der Waals surface area contributed by atoms with Gasteiger partial charge in [-0.15, -0.1) is 23.5 Å². The first kappa shape index (κ1) is 28.0. The Morgan fingerprint density at radius 1 is 0.771 bits per heavy atom. The molecule has 0 bridgehead atoms. The van der Waals surface area contributed by atoms with Crippen molar-refractivity contribution in [1.82, 2.24) is 4.90 Å². The highest BCUT2D eigenvalue weighted by atomic mass is 79.9. The standard InChI is InChI=1S/C20H25NO2S.C9H11BrS/c1-15-4-6-18(7-5-15)24-11-10-21-9-8-16-12-19(22-2)20(23-3)13-17(16)14-21;1-8-2-4-9(5-3-8)11-7-6-10/h4-7,12-13H,8-11,14H2,1-3H3;2-5H,6-7H2,1H3. The second kappa shape index (κ2) is 14.8. The van der Waals surface area contributed by atoms with Crippen molar-refractivity contribution in [3.8, 4) is 11.5 Å². The molecule has 0 unspecified atom stereocenters. The van der Waals surface area contributed by atoms with Gasteiger partial charge in [0.15, 0.2) is 11.5 Å². The summed E-state index contributed by atoms with van der Waals surface area (Å²) in [7, 11) is 3.39. The molecule has 6 heteroatoms. The summed E-state index contributed by atoms with van der Waals surface area (Å²) in [5.74, 6) is 3.92. The number of alkyl halides is 1. The fourth-order valence-corrected chi connectivity index (χ4v) is 5.89. The van der Waals surface area contributed by atoms with E-state index in [2.05, 4.69) is 95.3 Å². The average molecular weight is 575 g/mol. The molecular weight excluding hydrogens is 538 g/mol. The number of rotatable bonds is 9. The van der Waals surface area contributed by atoms with Gasteiger partial charge in [0.05, 0.1) is 14.2 Å². The molecule has 0 N–H and O–H groups in total. The lowest BCUT2D eigenvalue weighted by Crippen LogP contribution is -2.32. The summed E-state index contributed by atoms with van der Waals surface area (Å²) in [5.41, 5.74) is 5.39. The van der Waals surface area contributed by atoms with Crippen LogP contribution in [0, 0.1) is 13.8 Å². The smallest absolute Gasteiger partial charge is 0.161 e. The van der Waals surface area contributed by atoms with Gasteiger partial charge in [-0.1, -0.05) is 51.3 Å². The Kier molecular flexibility index (Phi) is 11.9. The molecule has 3 aromatic carbocycles. The van der Waals surface area contributed by atoms with Crippen LogP contribution in [0.3, 0.4) is 0 Å². The molecule has 1 heterocycles. The van der Waals surface area contributed by atoms with Crippen LogP contribution in [-0.4, -0.2) is 49.0 Å². The summed E-state index contributed by atoms with van der Waals surface area (Å²) in [6, 6.07) is 21.7. The molecule has 0 atom stereocenters. The predicted molar refractivity (Wildman–Crippen MR) is 156 cm³/mol. The van der Waals surface area contributed by atoms with E-state index in [1.807, 2.05) is 23.5 Å². The lowest BCUT2D eigenvalue weighted by molar-refractivity contribution is 0.268. The number of aryl methyl sites for hydroxylation is 2. The van der Waals surface area contributed by atoms with Gasteiger partial charge in [0, 0.05) is 46.3 Å². The van der Waals surface area contributed by atoms with Gasteiger partial charge in [0.2, 0.25) is 0 Å².